The van der Waals surface area contributed by atoms with E-state index in [4.69, 9.17) is 4.74 Å². The Morgan fingerprint density at radius 3 is 2.19 bits per heavy atom. The van der Waals surface area contributed by atoms with E-state index in [9.17, 15) is 24.7 Å². The summed E-state index contributed by atoms with van der Waals surface area (Å²) in [6.07, 6.45) is -2.38. The van der Waals surface area contributed by atoms with Crippen LogP contribution in [0.25, 0.3) is 0 Å². The first kappa shape index (κ1) is 25.9. The maximum atomic E-state index is 12.3. The normalized spacial score (nSPS) is 12.6. The average molecular weight is 434 g/mol. The Morgan fingerprint density at radius 2 is 1.71 bits per heavy atom. The second kappa shape index (κ2) is 11.3. The quantitative estimate of drug-likeness (QED) is 0.330. The first-order valence-corrected chi connectivity index (χ1v) is 9.68. The molecular weight excluding hydrogens is 402 g/mol. The predicted octanol–water partition coefficient (Wildman–Crippen LogP) is 0.635. The van der Waals surface area contributed by atoms with Crippen LogP contribution in [0.4, 0.5) is 0 Å². The molecule has 0 saturated carbocycles. The molecule has 0 aromatic heterocycles. The van der Waals surface area contributed by atoms with Crippen LogP contribution >= 0.6 is 0 Å². The van der Waals surface area contributed by atoms with E-state index in [2.05, 4.69) is 17.2 Å². The molecule has 0 spiro atoms. The van der Waals surface area contributed by atoms with E-state index >= 15 is 0 Å². The number of amides is 3. The zero-order valence-corrected chi connectivity index (χ0v) is 18.8. The van der Waals surface area contributed by atoms with Crippen LogP contribution in [0.3, 0.4) is 0 Å². The summed E-state index contributed by atoms with van der Waals surface area (Å²) in [5, 5.41) is 22.7. The Morgan fingerprint density at radius 1 is 1.13 bits per heavy atom. The SMILES string of the molecule is COc1ccc(C#CCN(O)C(=O)[C@@H](O)CC(=O)N[C@H](C(=O)N(C)C)C(C)(C)C)cc1. The lowest BCUT2D eigenvalue weighted by Crippen LogP contribution is -2.54. The molecule has 0 aliphatic carbocycles. The number of aliphatic hydroxyl groups is 1. The summed E-state index contributed by atoms with van der Waals surface area (Å²) in [6.45, 7) is 5.01. The molecule has 2 atom stereocenters. The molecule has 31 heavy (non-hydrogen) atoms. The van der Waals surface area contributed by atoms with Gasteiger partial charge >= 0.3 is 0 Å². The van der Waals surface area contributed by atoms with E-state index in [0.29, 0.717) is 11.3 Å². The van der Waals surface area contributed by atoms with E-state index in [-0.39, 0.29) is 17.5 Å². The number of nitrogens with zero attached hydrogens (tertiary/aromatic N) is 2. The summed E-state index contributed by atoms with van der Waals surface area (Å²) in [5.41, 5.74) is 0.0758. The smallest absolute Gasteiger partial charge is 0.276 e. The van der Waals surface area contributed by atoms with Crippen LogP contribution in [0.15, 0.2) is 24.3 Å². The summed E-state index contributed by atoms with van der Waals surface area (Å²) < 4.78 is 5.05. The highest BCUT2D eigenvalue weighted by molar-refractivity contribution is 5.91. The number of hydrogen-bond donors (Lipinski definition) is 3. The number of rotatable bonds is 7. The molecule has 0 saturated heterocycles. The molecule has 1 rings (SSSR count). The topological polar surface area (TPSA) is 119 Å². The summed E-state index contributed by atoms with van der Waals surface area (Å²) in [4.78, 5) is 38.1. The number of hydrogen-bond acceptors (Lipinski definition) is 6. The fourth-order valence-electron chi connectivity index (χ4n) is 2.53. The number of nitrogens with one attached hydrogen (secondary N) is 1. The van der Waals surface area contributed by atoms with Crippen LogP contribution in [0.1, 0.15) is 32.8 Å². The molecule has 0 fully saturated rings. The molecule has 1 aromatic rings. The van der Waals surface area contributed by atoms with Crippen molar-refractivity contribution >= 4 is 17.7 Å². The van der Waals surface area contributed by atoms with Gasteiger partial charge in [0.25, 0.3) is 5.91 Å². The lowest BCUT2D eigenvalue weighted by Gasteiger charge is -2.32. The molecule has 0 aliphatic rings. The van der Waals surface area contributed by atoms with E-state index < -0.39 is 35.8 Å². The van der Waals surface area contributed by atoms with Crippen molar-refractivity contribution in [3.05, 3.63) is 29.8 Å². The molecule has 0 unspecified atom stereocenters. The van der Waals surface area contributed by atoms with Crippen LogP contribution in [0.5, 0.6) is 5.75 Å². The van der Waals surface area contributed by atoms with Gasteiger partial charge in [0.05, 0.1) is 13.5 Å². The Kier molecular flexibility index (Phi) is 9.49. The Labute approximate surface area is 182 Å². The third-order valence-electron chi connectivity index (χ3n) is 4.33. The predicted molar refractivity (Wildman–Crippen MR) is 114 cm³/mol. The van der Waals surface area contributed by atoms with Crippen molar-refractivity contribution in [1.82, 2.24) is 15.3 Å². The second-order valence-corrected chi connectivity index (χ2v) is 8.25. The summed E-state index contributed by atoms with van der Waals surface area (Å²) in [7, 11) is 4.69. The monoisotopic (exact) mass is 433 g/mol. The number of ether oxygens (including phenoxy) is 1. The lowest BCUT2D eigenvalue weighted by molar-refractivity contribution is -0.173. The molecule has 0 bridgehead atoms. The second-order valence-electron chi connectivity index (χ2n) is 8.25. The molecule has 0 radical (unpaired) electrons. The highest BCUT2D eigenvalue weighted by atomic mass is 16.5. The summed E-state index contributed by atoms with van der Waals surface area (Å²) >= 11 is 0. The van der Waals surface area contributed by atoms with Gasteiger partial charge in [-0.3, -0.25) is 19.6 Å². The van der Waals surface area contributed by atoms with Crippen molar-refractivity contribution in [3.8, 4) is 17.6 Å². The van der Waals surface area contributed by atoms with Gasteiger partial charge in [-0.05, 0) is 29.7 Å². The molecular formula is C22H31N3O6. The average Bonchev–Trinajstić information content (AvgIpc) is 2.70. The molecule has 3 amide bonds. The number of aliphatic hydroxyl groups excluding tert-OH is 1. The van der Waals surface area contributed by atoms with Crippen molar-refractivity contribution in [3.63, 3.8) is 0 Å². The van der Waals surface area contributed by atoms with Gasteiger partial charge in [0.15, 0.2) is 0 Å². The van der Waals surface area contributed by atoms with E-state index in [0.717, 1.165) is 0 Å². The lowest BCUT2D eigenvalue weighted by atomic mass is 9.85. The van der Waals surface area contributed by atoms with Crippen LogP contribution < -0.4 is 10.1 Å². The van der Waals surface area contributed by atoms with E-state index in [1.54, 1.807) is 66.2 Å². The van der Waals surface area contributed by atoms with Gasteiger partial charge in [0.2, 0.25) is 11.8 Å². The molecule has 0 heterocycles. The first-order valence-electron chi connectivity index (χ1n) is 9.68. The first-order chi connectivity index (χ1) is 14.4. The van der Waals surface area contributed by atoms with Gasteiger partial charge in [0.1, 0.15) is 24.4 Å². The third kappa shape index (κ3) is 8.28. The van der Waals surface area contributed by atoms with Crippen LogP contribution in [0, 0.1) is 17.3 Å². The maximum Gasteiger partial charge on any atom is 0.276 e. The van der Waals surface area contributed by atoms with E-state index in [1.165, 1.54) is 4.90 Å². The van der Waals surface area contributed by atoms with Gasteiger partial charge in [0, 0.05) is 19.7 Å². The minimum Gasteiger partial charge on any atom is -0.497 e. The molecule has 3 N–H and O–H groups in total. The van der Waals surface area contributed by atoms with Crippen molar-refractivity contribution in [2.24, 2.45) is 5.41 Å². The summed E-state index contributed by atoms with van der Waals surface area (Å²) in [6, 6.07) is 6.04. The fourth-order valence-corrected chi connectivity index (χ4v) is 2.53. The standard InChI is InChI=1S/C22H31N3O6/c1-22(2,3)19(21(29)24(4)5)23-18(27)14-17(26)20(28)25(30)13-7-8-15-9-11-16(31-6)12-10-15/h9-12,17,19,26,30H,13-14H2,1-6H3,(H,23,27)/t17-,19+/m0/s1. The number of benzene rings is 1. The Hall–Kier alpha value is -3.09. The minimum absolute atomic E-state index is 0.251. The van der Waals surface area contributed by atoms with Gasteiger partial charge in [-0.25, -0.2) is 5.06 Å². The van der Waals surface area contributed by atoms with Crippen LogP contribution in [0.2, 0.25) is 0 Å². The van der Waals surface area contributed by atoms with Gasteiger partial charge in [-0.1, -0.05) is 32.6 Å². The molecule has 0 aliphatic heterocycles. The highest BCUT2D eigenvalue weighted by Gasteiger charge is 2.34. The van der Waals surface area contributed by atoms with Crippen molar-refractivity contribution < 1.29 is 29.4 Å². The third-order valence-corrected chi connectivity index (χ3v) is 4.33. The van der Waals surface area contributed by atoms with Crippen molar-refractivity contribution in [2.45, 2.75) is 39.3 Å². The zero-order chi connectivity index (χ0) is 23.8. The molecule has 170 valence electrons. The maximum absolute atomic E-state index is 12.3. The van der Waals surface area contributed by atoms with E-state index in [1.807, 2.05) is 0 Å². The zero-order valence-electron chi connectivity index (χ0n) is 18.8. The highest BCUT2D eigenvalue weighted by Crippen LogP contribution is 2.21. The number of methoxy groups -OCH3 is 1. The number of carbonyl (C=O) groups excluding carboxylic acids is 3. The fraction of sp³-hybridized carbons (Fsp3) is 0.500. The number of hydroxylamine groups is 2. The summed E-state index contributed by atoms with van der Waals surface area (Å²) in [5.74, 6) is 3.99. The van der Waals surface area contributed by atoms with Gasteiger partial charge in [-0.2, -0.15) is 0 Å². The van der Waals surface area contributed by atoms with Crippen LogP contribution in [-0.4, -0.2) is 77.9 Å². The largest absolute Gasteiger partial charge is 0.497 e. The molecule has 9 heteroatoms. The van der Waals surface area contributed by atoms with Gasteiger partial charge in [-0.15, -0.1) is 0 Å². The molecule has 1 aromatic carbocycles. The number of likely N-dealkylation sites (N-methyl/N-ethyl adjacent to an activating group) is 1. The molecule has 9 nitrogen and oxygen atoms in total. The van der Waals surface area contributed by atoms with Gasteiger partial charge < -0.3 is 20.1 Å². The van der Waals surface area contributed by atoms with Crippen LogP contribution in [-0.2, 0) is 14.4 Å². The Bertz CT molecular complexity index is 834. The minimum atomic E-state index is -1.78. The van der Waals surface area contributed by atoms with Crippen molar-refractivity contribution in [2.75, 3.05) is 27.7 Å². The van der Waals surface area contributed by atoms with Crippen molar-refractivity contribution in [1.29, 1.82) is 0 Å². The number of carbonyl (C=O) groups is 3. The Balaban J connectivity index is 2.66.